The summed E-state index contributed by atoms with van der Waals surface area (Å²) in [7, 11) is 0. The summed E-state index contributed by atoms with van der Waals surface area (Å²) in [6.45, 7) is 12.1. The molecule has 0 aromatic heterocycles. The highest BCUT2D eigenvalue weighted by Crippen LogP contribution is 2.24. The van der Waals surface area contributed by atoms with Crippen molar-refractivity contribution in [2.24, 2.45) is 10.9 Å². The predicted octanol–water partition coefficient (Wildman–Crippen LogP) is 1.97. The van der Waals surface area contributed by atoms with Gasteiger partial charge >= 0.3 is 5.97 Å². The van der Waals surface area contributed by atoms with E-state index in [1.54, 1.807) is 0 Å². The number of amides is 1. The molecule has 0 spiro atoms. The van der Waals surface area contributed by atoms with Crippen LogP contribution >= 0.6 is 0 Å². The molecule has 26 heavy (non-hydrogen) atoms. The Balaban J connectivity index is 2.61. The summed E-state index contributed by atoms with van der Waals surface area (Å²) < 4.78 is 5.29. The van der Waals surface area contributed by atoms with Crippen LogP contribution in [0.1, 0.15) is 67.2 Å². The SMILES string of the molecule is CCNC(=NCC(=O)OC(C)(C)C)NC1CCCC(C(=O)NC(C)C)C1. The number of guanidine groups is 1. The summed E-state index contributed by atoms with van der Waals surface area (Å²) in [6, 6.07) is 0.326. The number of nitrogens with zero attached hydrogens (tertiary/aromatic N) is 1. The molecule has 0 saturated heterocycles. The molecule has 0 aromatic carbocycles. The van der Waals surface area contributed by atoms with Gasteiger partial charge < -0.3 is 20.7 Å². The van der Waals surface area contributed by atoms with E-state index in [0.717, 1.165) is 25.7 Å². The zero-order valence-electron chi connectivity index (χ0n) is 17.1. The maximum Gasteiger partial charge on any atom is 0.328 e. The minimum atomic E-state index is -0.515. The monoisotopic (exact) mass is 368 g/mol. The van der Waals surface area contributed by atoms with E-state index >= 15 is 0 Å². The van der Waals surface area contributed by atoms with E-state index in [-0.39, 0.29) is 36.4 Å². The van der Waals surface area contributed by atoms with Crippen molar-refractivity contribution >= 4 is 17.8 Å². The largest absolute Gasteiger partial charge is 0.459 e. The summed E-state index contributed by atoms with van der Waals surface area (Å²) in [5.41, 5.74) is -0.515. The number of hydrogen-bond donors (Lipinski definition) is 3. The van der Waals surface area contributed by atoms with E-state index in [4.69, 9.17) is 4.74 Å². The van der Waals surface area contributed by atoms with Crippen LogP contribution in [-0.2, 0) is 14.3 Å². The van der Waals surface area contributed by atoms with Gasteiger partial charge in [-0.1, -0.05) is 6.42 Å². The Labute approximate surface area is 157 Å². The van der Waals surface area contributed by atoms with Crippen molar-refractivity contribution in [3.8, 4) is 0 Å². The van der Waals surface area contributed by atoms with Crippen LogP contribution in [0.2, 0.25) is 0 Å². The molecular weight excluding hydrogens is 332 g/mol. The Morgan fingerprint density at radius 2 is 1.92 bits per heavy atom. The molecule has 7 nitrogen and oxygen atoms in total. The maximum atomic E-state index is 12.3. The van der Waals surface area contributed by atoms with Gasteiger partial charge in [0.25, 0.3) is 0 Å². The highest BCUT2D eigenvalue weighted by atomic mass is 16.6. The molecule has 150 valence electrons. The number of carbonyl (C=O) groups excluding carboxylic acids is 2. The van der Waals surface area contributed by atoms with Crippen molar-refractivity contribution in [2.75, 3.05) is 13.1 Å². The van der Waals surface area contributed by atoms with Gasteiger partial charge in [-0.2, -0.15) is 0 Å². The fourth-order valence-electron chi connectivity index (χ4n) is 2.99. The molecule has 1 fully saturated rings. The van der Waals surface area contributed by atoms with Crippen LogP contribution in [0, 0.1) is 5.92 Å². The van der Waals surface area contributed by atoms with Gasteiger partial charge in [0.15, 0.2) is 5.96 Å². The number of carbonyl (C=O) groups is 2. The van der Waals surface area contributed by atoms with Crippen LogP contribution in [0.15, 0.2) is 4.99 Å². The second-order valence-electron chi connectivity index (χ2n) is 8.15. The van der Waals surface area contributed by atoms with Crippen molar-refractivity contribution in [1.82, 2.24) is 16.0 Å². The average molecular weight is 369 g/mol. The van der Waals surface area contributed by atoms with Crippen molar-refractivity contribution in [2.45, 2.75) is 84.9 Å². The summed E-state index contributed by atoms with van der Waals surface area (Å²) >= 11 is 0. The predicted molar refractivity (Wildman–Crippen MR) is 104 cm³/mol. The Hall–Kier alpha value is -1.79. The van der Waals surface area contributed by atoms with Gasteiger partial charge in [-0.05, 0) is 60.8 Å². The molecule has 0 heterocycles. The number of ether oxygens (including phenoxy) is 1. The van der Waals surface area contributed by atoms with Crippen LogP contribution in [0.25, 0.3) is 0 Å². The van der Waals surface area contributed by atoms with E-state index in [1.807, 2.05) is 41.5 Å². The van der Waals surface area contributed by atoms with Gasteiger partial charge in [-0.3, -0.25) is 9.59 Å². The highest BCUT2D eigenvalue weighted by molar-refractivity contribution is 5.83. The summed E-state index contributed by atoms with van der Waals surface area (Å²) in [6.07, 6.45) is 3.68. The van der Waals surface area contributed by atoms with Gasteiger partial charge in [0.05, 0.1) is 0 Å². The summed E-state index contributed by atoms with van der Waals surface area (Å²) in [5.74, 6) is 0.389. The fourth-order valence-corrected chi connectivity index (χ4v) is 2.99. The second kappa shape index (κ2) is 10.4. The first-order valence-corrected chi connectivity index (χ1v) is 9.67. The van der Waals surface area contributed by atoms with Crippen LogP contribution in [-0.4, -0.2) is 48.6 Å². The second-order valence-corrected chi connectivity index (χ2v) is 8.15. The number of hydrogen-bond acceptors (Lipinski definition) is 4. The third-order valence-corrected chi connectivity index (χ3v) is 3.95. The van der Waals surface area contributed by atoms with Crippen LogP contribution in [0.3, 0.4) is 0 Å². The molecule has 0 aromatic rings. The highest BCUT2D eigenvalue weighted by Gasteiger charge is 2.28. The minimum Gasteiger partial charge on any atom is -0.459 e. The lowest BCUT2D eigenvalue weighted by molar-refractivity contribution is -0.152. The molecule has 2 unspecified atom stereocenters. The third-order valence-electron chi connectivity index (χ3n) is 3.95. The van der Waals surface area contributed by atoms with Crippen molar-refractivity contribution < 1.29 is 14.3 Å². The van der Waals surface area contributed by atoms with Crippen LogP contribution < -0.4 is 16.0 Å². The van der Waals surface area contributed by atoms with Gasteiger partial charge in [0.2, 0.25) is 5.91 Å². The molecular formula is C19H36N4O3. The normalized spacial score (nSPS) is 21.3. The van der Waals surface area contributed by atoms with Crippen LogP contribution in [0.4, 0.5) is 0 Å². The molecule has 3 N–H and O–H groups in total. The number of rotatable bonds is 6. The summed E-state index contributed by atoms with van der Waals surface area (Å²) in [4.78, 5) is 28.5. The first-order chi connectivity index (χ1) is 12.1. The Morgan fingerprint density at radius 3 is 2.50 bits per heavy atom. The van der Waals surface area contributed by atoms with E-state index < -0.39 is 5.60 Å². The lowest BCUT2D eigenvalue weighted by atomic mass is 9.85. The molecule has 1 aliphatic rings. The maximum absolute atomic E-state index is 12.3. The quantitative estimate of drug-likeness (QED) is 0.379. The summed E-state index contributed by atoms with van der Waals surface area (Å²) in [5, 5.41) is 9.52. The van der Waals surface area contributed by atoms with E-state index in [2.05, 4.69) is 20.9 Å². The van der Waals surface area contributed by atoms with Gasteiger partial charge in [0.1, 0.15) is 12.1 Å². The minimum absolute atomic E-state index is 0.0254. The topological polar surface area (TPSA) is 91.8 Å². The molecule has 0 bridgehead atoms. The molecule has 0 radical (unpaired) electrons. The van der Waals surface area contributed by atoms with Crippen molar-refractivity contribution in [1.29, 1.82) is 0 Å². The van der Waals surface area contributed by atoms with E-state index in [0.29, 0.717) is 12.5 Å². The zero-order valence-corrected chi connectivity index (χ0v) is 17.1. The fraction of sp³-hybridized carbons (Fsp3) is 0.842. The molecule has 0 aliphatic heterocycles. The molecule has 1 amide bonds. The molecule has 1 saturated carbocycles. The van der Waals surface area contributed by atoms with E-state index in [9.17, 15) is 9.59 Å². The standard InChI is InChI=1S/C19H36N4O3/c1-7-20-18(21-12-16(24)26-19(4,5)6)23-15-10-8-9-14(11-15)17(25)22-13(2)3/h13-15H,7-12H2,1-6H3,(H,22,25)(H2,20,21,23). The Morgan fingerprint density at radius 1 is 1.23 bits per heavy atom. The van der Waals surface area contributed by atoms with Crippen molar-refractivity contribution in [3.63, 3.8) is 0 Å². The first kappa shape index (κ1) is 22.3. The molecule has 2 atom stereocenters. The average Bonchev–Trinajstić information content (AvgIpc) is 2.51. The van der Waals surface area contributed by atoms with Gasteiger partial charge in [0, 0.05) is 24.5 Å². The number of esters is 1. The first-order valence-electron chi connectivity index (χ1n) is 9.67. The van der Waals surface area contributed by atoms with Crippen molar-refractivity contribution in [3.05, 3.63) is 0 Å². The zero-order chi connectivity index (χ0) is 19.7. The third kappa shape index (κ3) is 9.06. The Bertz CT molecular complexity index is 498. The molecule has 1 aliphatic carbocycles. The van der Waals surface area contributed by atoms with E-state index in [1.165, 1.54) is 0 Å². The Kier molecular flexibility index (Phi) is 8.88. The number of nitrogens with one attached hydrogen (secondary N) is 3. The van der Waals surface area contributed by atoms with Gasteiger partial charge in [-0.25, -0.2) is 4.99 Å². The van der Waals surface area contributed by atoms with Gasteiger partial charge in [-0.15, -0.1) is 0 Å². The molecule has 7 heteroatoms. The van der Waals surface area contributed by atoms with Crippen LogP contribution in [0.5, 0.6) is 0 Å². The number of aliphatic imine (C=N–C) groups is 1. The smallest absolute Gasteiger partial charge is 0.328 e. The molecule has 1 rings (SSSR count). The lowest BCUT2D eigenvalue weighted by Gasteiger charge is -2.30. The lowest BCUT2D eigenvalue weighted by Crippen LogP contribution is -2.47.